The Morgan fingerprint density at radius 3 is 2.90 bits per heavy atom. The molecule has 0 aliphatic carbocycles. The highest BCUT2D eigenvalue weighted by atomic mass is 32.1. The summed E-state index contributed by atoms with van der Waals surface area (Å²) in [5.74, 6) is 0.632. The lowest BCUT2D eigenvalue weighted by atomic mass is 10.3. The maximum Gasteiger partial charge on any atom is 0.274 e. The summed E-state index contributed by atoms with van der Waals surface area (Å²) in [6, 6.07) is 8.94. The number of carbonyl (C=O) groups is 2. The molecule has 2 amide bonds. The van der Waals surface area contributed by atoms with Crippen LogP contribution in [0.1, 0.15) is 21.9 Å². The molecule has 9 nitrogen and oxygen atoms in total. The van der Waals surface area contributed by atoms with Crippen molar-refractivity contribution >= 4 is 28.8 Å². The van der Waals surface area contributed by atoms with E-state index < -0.39 is 0 Å². The van der Waals surface area contributed by atoms with Crippen molar-refractivity contribution in [3.05, 3.63) is 71.5 Å². The first kappa shape index (κ1) is 19.5. The van der Waals surface area contributed by atoms with Gasteiger partial charge in [0, 0.05) is 12.4 Å². The molecule has 0 aromatic carbocycles. The molecule has 4 rings (SSSR count). The second kappa shape index (κ2) is 8.70. The van der Waals surface area contributed by atoms with Crippen molar-refractivity contribution in [3.63, 3.8) is 0 Å². The van der Waals surface area contributed by atoms with Crippen molar-refractivity contribution in [2.75, 3.05) is 5.32 Å². The fourth-order valence-corrected chi connectivity index (χ4v) is 3.34. The molecule has 0 atom stereocenters. The van der Waals surface area contributed by atoms with Crippen LogP contribution in [0, 0.1) is 6.92 Å². The molecule has 2 N–H and O–H groups in total. The SMILES string of the molecule is Cc1oc(-c2cccs2)nc1CNC(=O)Cn1cc(NC(=O)c2ccccn2)cn1. The first-order valence-electron chi connectivity index (χ1n) is 9.10. The van der Waals surface area contributed by atoms with Crippen molar-refractivity contribution in [1.82, 2.24) is 25.1 Å². The molecule has 4 aromatic heterocycles. The van der Waals surface area contributed by atoms with Crippen molar-refractivity contribution < 1.29 is 14.0 Å². The molecule has 0 bridgehead atoms. The van der Waals surface area contributed by atoms with Crippen molar-refractivity contribution in [2.24, 2.45) is 0 Å². The maximum absolute atomic E-state index is 12.3. The highest BCUT2D eigenvalue weighted by molar-refractivity contribution is 7.13. The summed E-state index contributed by atoms with van der Waals surface area (Å²) in [7, 11) is 0. The largest absolute Gasteiger partial charge is 0.440 e. The lowest BCUT2D eigenvalue weighted by Gasteiger charge is -2.04. The molecule has 30 heavy (non-hydrogen) atoms. The van der Waals surface area contributed by atoms with Crippen LogP contribution in [0.5, 0.6) is 0 Å². The molecule has 0 aliphatic rings. The van der Waals surface area contributed by atoms with Gasteiger partial charge in [-0.3, -0.25) is 19.3 Å². The Kier molecular flexibility index (Phi) is 5.66. The fourth-order valence-electron chi connectivity index (χ4n) is 2.69. The van der Waals surface area contributed by atoms with Crippen LogP contribution in [0.3, 0.4) is 0 Å². The minimum absolute atomic E-state index is 0.00807. The number of hydrogen-bond donors (Lipinski definition) is 2. The number of nitrogens with zero attached hydrogens (tertiary/aromatic N) is 4. The van der Waals surface area contributed by atoms with Crippen LogP contribution in [-0.4, -0.2) is 31.6 Å². The number of aryl methyl sites for hydroxylation is 1. The van der Waals surface area contributed by atoms with Gasteiger partial charge in [-0.2, -0.15) is 5.10 Å². The predicted octanol–water partition coefficient (Wildman–Crippen LogP) is 2.87. The number of nitrogens with one attached hydrogen (secondary N) is 2. The molecule has 0 radical (unpaired) electrons. The number of amides is 2. The number of aromatic nitrogens is 4. The van der Waals surface area contributed by atoms with Crippen molar-refractivity contribution in [3.8, 4) is 10.8 Å². The van der Waals surface area contributed by atoms with E-state index in [1.165, 1.54) is 10.9 Å². The van der Waals surface area contributed by atoms with Gasteiger partial charge in [0.15, 0.2) is 0 Å². The standard InChI is InChI=1S/C20H18N6O3S/c1-13-16(25-20(29-13)17-6-4-8-30-17)10-22-18(27)12-26-11-14(9-23-26)24-19(28)15-5-2-3-7-21-15/h2-9,11H,10,12H2,1H3,(H,22,27)(H,24,28). The topological polar surface area (TPSA) is 115 Å². The zero-order chi connectivity index (χ0) is 20.9. The average molecular weight is 422 g/mol. The molecular weight excluding hydrogens is 404 g/mol. The summed E-state index contributed by atoms with van der Waals surface area (Å²) in [4.78, 5) is 33.8. The van der Waals surface area contributed by atoms with Crippen LogP contribution in [0.2, 0.25) is 0 Å². The van der Waals surface area contributed by atoms with E-state index in [0.717, 1.165) is 4.88 Å². The highest BCUT2D eigenvalue weighted by Crippen LogP contribution is 2.25. The third kappa shape index (κ3) is 4.61. The molecule has 0 unspecified atom stereocenters. The van der Waals surface area contributed by atoms with Gasteiger partial charge in [0.25, 0.3) is 5.91 Å². The molecule has 152 valence electrons. The summed E-state index contributed by atoms with van der Waals surface area (Å²) in [6.45, 7) is 2.08. The van der Waals surface area contributed by atoms with Crippen LogP contribution in [0.15, 0.2) is 58.7 Å². The Morgan fingerprint density at radius 1 is 1.23 bits per heavy atom. The van der Waals surface area contributed by atoms with E-state index in [-0.39, 0.29) is 24.9 Å². The summed E-state index contributed by atoms with van der Waals surface area (Å²) in [6.07, 6.45) is 4.60. The van der Waals surface area contributed by atoms with Gasteiger partial charge in [0.1, 0.15) is 23.7 Å². The minimum atomic E-state index is -0.345. The summed E-state index contributed by atoms with van der Waals surface area (Å²) >= 11 is 1.54. The lowest BCUT2D eigenvalue weighted by Crippen LogP contribution is -2.27. The van der Waals surface area contributed by atoms with E-state index in [1.54, 1.807) is 41.9 Å². The van der Waals surface area contributed by atoms with E-state index in [4.69, 9.17) is 4.42 Å². The third-order valence-corrected chi connectivity index (χ3v) is 5.03. The second-order valence-electron chi connectivity index (χ2n) is 6.37. The molecule has 10 heteroatoms. The number of carbonyl (C=O) groups excluding carboxylic acids is 2. The molecule has 0 aliphatic heterocycles. The van der Waals surface area contributed by atoms with Gasteiger partial charge in [0.05, 0.1) is 23.3 Å². The monoisotopic (exact) mass is 422 g/mol. The second-order valence-corrected chi connectivity index (χ2v) is 7.32. The van der Waals surface area contributed by atoms with Crippen molar-refractivity contribution in [2.45, 2.75) is 20.0 Å². The molecule has 0 saturated carbocycles. The zero-order valence-electron chi connectivity index (χ0n) is 16.0. The Hall–Kier alpha value is -3.79. The minimum Gasteiger partial charge on any atom is -0.440 e. The first-order valence-corrected chi connectivity index (χ1v) is 9.98. The lowest BCUT2D eigenvalue weighted by molar-refractivity contribution is -0.122. The molecule has 0 spiro atoms. The number of hydrogen-bond acceptors (Lipinski definition) is 7. The van der Waals surface area contributed by atoms with Crippen LogP contribution >= 0.6 is 11.3 Å². The number of thiophene rings is 1. The smallest absolute Gasteiger partial charge is 0.274 e. The van der Waals surface area contributed by atoms with Gasteiger partial charge in [-0.1, -0.05) is 12.1 Å². The van der Waals surface area contributed by atoms with Gasteiger partial charge in [-0.25, -0.2) is 4.98 Å². The van der Waals surface area contributed by atoms with E-state index in [0.29, 0.717) is 28.7 Å². The van der Waals surface area contributed by atoms with Crippen molar-refractivity contribution in [1.29, 1.82) is 0 Å². The highest BCUT2D eigenvalue weighted by Gasteiger charge is 2.14. The maximum atomic E-state index is 12.3. The molecule has 0 saturated heterocycles. The summed E-state index contributed by atoms with van der Waals surface area (Å²) in [5, 5.41) is 11.6. The van der Waals surface area contributed by atoms with Crippen LogP contribution in [-0.2, 0) is 17.9 Å². The van der Waals surface area contributed by atoms with E-state index >= 15 is 0 Å². The third-order valence-electron chi connectivity index (χ3n) is 4.17. The van der Waals surface area contributed by atoms with Crippen LogP contribution < -0.4 is 10.6 Å². The molecule has 0 fully saturated rings. The van der Waals surface area contributed by atoms with Gasteiger partial charge in [-0.05, 0) is 30.5 Å². The van der Waals surface area contributed by atoms with Gasteiger partial charge in [-0.15, -0.1) is 11.3 Å². The fraction of sp³-hybridized carbons (Fsp3) is 0.150. The molecule has 4 heterocycles. The number of anilines is 1. The first-order chi connectivity index (χ1) is 14.6. The number of oxazole rings is 1. The summed E-state index contributed by atoms with van der Waals surface area (Å²) < 4.78 is 7.11. The van der Waals surface area contributed by atoms with Gasteiger partial charge >= 0.3 is 0 Å². The Balaban J connectivity index is 1.30. The molecule has 4 aromatic rings. The molecular formula is C20H18N6O3S. The summed E-state index contributed by atoms with van der Waals surface area (Å²) in [5.41, 5.74) is 1.45. The van der Waals surface area contributed by atoms with Crippen LogP contribution in [0.25, 0.3) is 10.8 Å². The van der Waals surface area contributed by atoms with E-state index in [9.17, 15) is 9.59 Å². The quantitative estimate of drug-likeness (QED) is 0.473. The van der Waals surface area contributed by atoms with Crippen LogP contribution in [0.4, 0.5) is 5.69 Å². The Labute approximate surface area is 175 Å². The van der Waals surface area contributed by atoms with Gasteiger partial charge < -0.3 is 15.1 Å². The van der Waals surface area contributed by atoms with E-state index in [2.05, 4.69) is 25.7 Å². The Bertz CT molecular complexity index is 1150. The van der Waals surface area contributed by atoms with Gasteiger partial charge in [0.2, 0.25) is 11.8 Å². The normalized spacial score (nSPS) is 10.7. The Morgan fingerprint density at radius 2 is 2.13 bits per heavy atom. The zero-order valence-corrected chi connectivity index (χ0v) is 16.8. The van der Waals surface area contributed by atoms with E-state index in [1.807, 2.05) is 24.4 Å². The predicted molar refractivity (Wildman–Crippen MR) is 111 cm³/mol. The number of pyridine rings is 1. The number of rotatable bonds is 7. The average Bonchev–Trinajstić information content (AvgIpc) is 3.49.